The molecule has 0 bridgehead atoms. The summed E-state index contributed by atoms with van der Waals surface area (Å²) in [5.74, 6) is -1.42. The fourth-order valence-corrected chi connectivity index (χ4v) is 1.47. The maximum absolute atomic E-state index is 11.0. The SMILES string of the molecule is CC(=O)CCC(C(=O)O)c1ccccc1. The highest BCUT2D eigenvalue weighted by atomic mass is 16.4. The molecule has 0 spiro atoms. The normalized spacial score (nSPS) is 12.1. The molecule has 0 aliphatic rings. The van der Waals surface area contributed by atoms with E-state index in [1.54, 1.807) is 24.3 Å². The van der Waals surface area contributed by atoms with E-state index >= 15 is 0 Å². The average Bonchev–Trinajstić information content (AvgIpc) is 2.18. The molecule has 1 rings (SSSR count). The number of carbonyl (C=O) groups excluding carboxylic acids is 1. The van der Waals surface area contributed by atoms with Crippen molar-refractivity contribution < 1.29 is 14.7 Å². The van der Waals surface area contributed by atoms with Gasteiger partial charge in [-0.25, -0.2) is 0 Å². The third-order valence-electron chi connectivity index (χ3n) is 2.29. The van der Waals surface area contributed by atoms with Gasteiger partial charge in [-0.1, -0.05) is 30.3 Å². The molecule has 0 aromatic heterocycles. The maximum Gasteiger partial charge on any atom is 0.310 e. The largest absolute Gasteiger partial charge is 0.481 e. The molecular weight excluding hydrogens is 192 g/mol. The van der Waals surface area contributed by atoms with Gasteiger partial charge in [0.1, 0.15) is 5.78 Å². The molecule has 0 aliphatic heterocycles. The van der Waals surface area contributed by atoms with Crippen molar-refractivity contribution in [3.8, 4) is 0 Å². The van der Waals surface area contributed by atoms with Crippen LogP contribution in [0, 0.1) is 0 Å². The van der Waals surface area contributed by atoms with Crippen LogP contribution in [0.2, 0.25) is 0 Å². The first-order chi connectivity index (χ1) is 7.11. The summed E-state index contributed by atoms with van der Waals surface area (Å²) in [4.78, 5) is 21.8. The number of Topliss-reactive ketones (excluding diaryl/α,β-unsaturated/α-hetero) is 1. The lowest BCUT2D eigenvalue weighted by atomic mass is 9.94. The molecule has 1 atom stereocenters. The first kappa shape index (κ1) is 11.4. The van der Waals surface area contributed by atoms with Crippen molar-refractivity contribution in [2.45, 2.75) is 25.7 Å². The van der Waals surface area contributed by atoms with Crippen molar-refractivity contribution in [1.82, 2.24) is 0 Å². The topological polar surface area (TPSA) is 54.4 Å². The summed E-state index contributed by atoms with van der Waals surface area (Å²) in [6, 6.07) is 9.00. The highest BCUT2D eigenvalue weighted by Gasteiger charge is 2.19. The first-order valence-electron chi connectivity index (χ1n) is 4.88. The number of ketones is 1. The lowest BCUT2D eigenvalue weighted by Gasteiger charge is -2.11. The molecule has 0 fully saturated rings. The fourth-order valence-electron chi connectivity index (χ4n) is 1.47. The summed E-state index contributed by atoms with van der Waals surface area (Å²) in [5, 5.41) is 9.03. The number of benzene rings is 1. The molecular formula is C12H14O3. The van der Waals surface area contributed by atoms with Gasteiger partial charge in [-0.15, -0.1) is 0 Å². The number of carbonyl (C=O) groups is 2. The molecule has 1 N–H and O–H groups in total. The van der Waals surface area contributed by atoms with Crippen LogP contribution in [0.4, 0.5) is 0 Å². The lowest BCUT2D eigenvalue weighted by Crippen LogP contribution is -2.12. The van der Waals surface area contributed by atoms with E-state index < -0.39 is 11.9 Å². The Morgan fingerprint density at radius 1 is 1.27 bits per heavy atom. The Labute approximate surface area is 88.7 Å². The molecule has 0 radical (unpaired) electrons. The second-order valence-electron chi connectivity index (χ2n) is 3.54. The zero-order valence-corrected chi connectivity index (χ0v) is 8.64. The van der Waals surface area contributed by atoms with Crippen molar-refractivity contribution in [1.29, 1.82) is 0 Å². The number of carboxylic acids is 1. The Morgan fingerprint density at radius 2 is 1.87 bits per heavy atom. The molecule has 0 heterocycles. The highest BCUT2D eigenvalue weighted by Crippen LogP contribution is 2.21. The van der Waals surface area contributed by atoms with E-state index in [9.17, 15) is 9.59 Å². The minimum atomic E-state index is -0.873. The zero-order chi connectivity index (χ0) is 11.3. The lowest BCUT2D eigenvalue weighted by molar-refractivity contribution is -0.139. The second kappa shape index (κ2) is 5.29. The minimum absolute atomic E-state index is 0.0252. The van der Waals surface area contributed by atoms with Gasteiger partial charge in [0.2, 0.25) is 0 Å². The average molecular weight is 206 g/mol. The van der Waals surface area contributed by atoms with Crippen LogP contribution < -0.4 is 0 Å². The predicted molar refractivity (Wildman–Crippen MR) is 56.7 cm³/mol. The van der Waals surface area contributed by atoms with Gasteiger partial charge in [0.25, 0.3) is 0 Å². The number of aliphatic carboxylic acids is 1. The molecule has 3 heteroatoms. The Morgan fingerprint density at radius 3 is 2.33 bits per heavy atom. The molecule has 3 nitrogen and oxygen atoms in total. The van der Waals surface area contributed by atoms with Gasteiger partial charge in [0.15, 0.2) is 0 Å². The van der Waals surface area contributed by atoms with E-state index in [4.69, 9.17) is 5.11 Å². The standard InChI is InChI=1S/C12H14O3/c1-9(13)7-8-11(12(14)15)10-5-3-2-4-6-10/h2-6,11H,7-8H2,1H3,(H,14,15). The molecule has 0 amide bonds. The number of rotatable bonds is 5. The Bertz CT molecular complexity index is 343. The van der Waals surface area contributed by atoms with Crippen molar-refractivity contribution >= 4 is 11.8 Å². The fraction of sp³-hybridized carbons (Fsp3) is 0.333. The minimum Gasteiger partial charge on any atom is -0.481 e. The Hall–Kier alpha value is -1.64. The molecule has 1 aromatic carbocycles. The molecule has 1 aromatic rings. The molecule has 0 saturated heterocycles. The molecule has 80 valence electrons. The van der Waals surface area contributed by atoms with Crippen LogP contribution in [0.25, 0.3) is 0 Å². The van der Waals surface area contributed by atoms with Crippen LogP contribution >= 0.6 is 0 Å². The van der Waals surface area contributed by atoms with Crippen molar-refractivity contribution in [2.24, 2.45) is 0 Å². The summed E-state index contributed by atoms with van der Waals surface area (Å²) in [5.41, 5.74) is 0.756. The van der Waals surface area contributed by atoms with Crippen molar-refractivity contribution in [2.75, 3.05) is 0 Å². The van der Waals surface area contributed by atoms with E-state index in [-0.39, 0.29) is 5.78 Å². The third-order valence-corrected chi connectivity index (χ3v) is 2.29. The summed E-state index contributed by atoms with van der Waals surface area (Å²) in [6.07, 6.45) is 0.681. The Balaban J connectivity index is 2.75. The quantitative estimate of drug-likeness (QED) is 0.803. The molecule has 0 aliphatic carbocycles. The highest BCUT2D eigenvalue weighted by molar-refractivity contribution is 5.79. The van der Waals surface area contributed by atoms with Crippen molar-refractivity contribution in [3.63, 3.8) is 0 Å². The Kier molecular flexibility index (Phi) is 4.03. The first-order valence-corrected chi connectivity index (χ1v) is 4.88. The van der Waals surface area contributed by atoms with Gasteiger partial charge >= 0.3 is 5.97 Å². The van der Waals surface area contributed by atoms with Gasteiger partial charge in [-0.2, -0.15) is 0 Å². The monoisotopic (exact) mass is 206 g/mol. The van der Waals surface area contributed by atoms with Gasteiger partial charge < -0.3 is 9.90 Å². The van der Waals surface area contributed by atoms with Crippen molar-refractivity contribution in [3.05, 3.63) is 35.9 Å². The smallest absolute Gasteiger partial charge is 0.310 e. The van der Waals surface area contributed by atoms with E-state index in [1.807, 2.05) is 6.07 Å². The van der Waals surface area contributed by atoms with Crippen LogP contribution in [-0.2, 0) is 9.59 Å². The van der Waals surface area contributed by atoms with E-state index in [0.717, 1.165) is 5.56 Å². The number of hydrogen-bond acceptors (Lipinski definition) is 2. The van der Waals surface area contributed by atoms with E-state index in [1.165, 1.54) is 6.92 Å². The molecule has 0 saturated carbocycles. The molecule has 15 heavy (non-hydrogen) atoms. The van der Waals surface area contributed by atoms with Crippen LogP contribution in [-0.4, -0.2) is 16.9 Å². The van der Waals surface area contributed by atoms with Crippen LogP contribution in [0.1, 0.15) is 31.2 Å². The van der Waals surface area contributed by atoms with Crippen LogP contribution in [0.5, 0.6) is 0 Å². The summed E-state index contributed by atoms with van der Waals surface area (Å²) >= 11 is 0. The van der Waals surface area contributed by atoms with Gasteiger partial charge in [-0.05, 0) is 18.9 Å². The van der Waals surface area contributed by atoms with Crippen LogP contribution in [0.15, 0.2) is 30.3 Å². The van der Waals surface area contributed by atoms with Crippen LogP contribution in [0.3, 0.4) is 0 Å². The van der Waals surface area contributed by atoms with E-state index in [2.05, 4.69) is 0 Å². The maximum atomic E-state index is 11.0. The third kappa shape index (κ3) is 3.54. The zero-order valence-electron chi connectivity index (χ0n) is 8.64. The predicted octanol–water partition coefficient (Wildman–Crippen LogP) is 2.22. The number of carboxylic acid groups (broad SMARTS) is 1. The summed E-state index contributed by atoms with van der Waals surface area (Å²) < 4.78 is 0. The summed E-state index contributed by atoms with van der Waals surface area (Å²) in [6.45, 7) is 1.48. The van der Waals surface area contributed by atoms with E-state index in [0.29, 0.717) is 12.8 Å². The number of hydrogen-bond donors (Lipinski definition) is 1. The molecule has 1 unspecified atom stereocenters. The van der Waals surface area contributed by atoms with Gasteiger partial charge in [0.05, 0.1) is 5.92 Å². The van der Waals surface area contributed by atoms with Gasteiger partial charge in [-0.3, -0.25) is 4.79 Å². The van der Waals surface area contributed by atoms with Gasteiger partial charge in [0, 0.05) is 6.42 Å². The summed E-state index contributed by atoms with van der Waals surface area (Å²) in [7, 11) is 0. The second-order valence-corrected chi connectivity index (χ2v) is 3.54.